The first-order valence-electron chi connectivity index (χ1n) is 9.93. The lowest BCUT2D eigenvalue weighted by Crippen LogP contribution is -2.56. The second kappa shape index (κ2) is 9.67. The Morgan fingerprint density at radius 1 is 1.19 bits per heavy atom. The van der Waals surface area contributed by atoms with Gasteiger partial charge in [0.2, 0.25) is 11.8 Å². The third-order valence-corrected chi connectivity index (χ3v) is 5.38. The summed E-state index contributed by atoms with van der Waals surface area (Å²) in [5, 5.41) is 6.07. The second-order valence-electron chi connectivity index (χ2n) is 7.41. The first kappa shape index (κ1) is 18.8. The molecule has 0 spiro atoms. The zero-order valence-corrected chi connectivity index (χ0v) is 15.5. The number of carbonyl (C=O) groups is 2. The minimum absolute atomic E-state index is 0.0105. The molecule has 0 radical (unpaired) electrons. The molecular weight excluding hydrogens is 328 g/mol. The topological polar surface area (TPSA) is 74.3 Å². The van der Waals surface area contributed by atoms with Crippen molar-refractivity contribution in [2.24, 2.45) is 0 Å². The number of aromatic nitrogens is 1. The van der Waals surface area contributed by atoms with E-state index >= 15 is 0 Å². The van der Waals surface area contributed by atoms with Crippen LogP contribution >= 0.6 is 0 Å². The quantitative estimate of drug-likeness (QED) is 0.844. The van der Waals surface area contributed by atoms with Gasteiger partial charge in [-0.1, -0.05) is 38.2 Å². The van der Waals surface area contributed by atoms with E-state index in [1.54, 1.807) is 6.20 Å². The van der Waals surface area contributed by atoms with Gasteiger partial charge in [0, 0.05) is 31.9 Å². The highest BCUT2D eigenvalue weighted by Gasteiger charge is 2.32. The fourth-order valence-electron chi connectivity index (χ4n) is 3.94. The zero-order valence-electron chi connectivity index (χ0n) is 15.5. The zero-order chi connectivity index (χ0) is 18.2. The number of piperazine rings is 1. The summed E-state index contributed by atoms with van der Waals surface area (Å²) >= 11 is 0. The fourth-order valence-corrected chi connectivity index (χ4v) is 3.94. The monoisotopic (exact) mass is 358 g/mol. The van der Waals surface area contributed by atoms with E-state index in [0.29, 0.717) is 13.1 Å². The van der Waals surface area contributed by atoms with E-state index in [1.165, 1.54) is 32.1 Å². The Bertz CT molecular complexity index is 585. The maximum Gasteiger partial charge on any atom is 0.237 e. The van der Waals surface area contributed by atoms with Crippen LogP contribution in [0.5, 0.6) is 0 Å². The number of hydrogen-bond donors (Lipinski definition) is 2. The standard InChI is InChI=1S/C20H30N4O2/c25-19(23-16-8-4-2-1-3-5-9-16)14-18-20(26)22-12-13-24(18)15-17-10-6-7-11-21-17/h6-7,10-11,16,18H,1-5,8-9,12-15H2,(H,22,26)(H,23,25)/t18-/m1/s1. The number of rotatable bonds is 5. The van der Waals surface area contributed by atoms with Crippen molar-refractivity contribution in [3.63, 3.8) is 0 Å². The number of carbonyl (C=O) groups excluding carboxylic acids is 2. The van der Waals surface area contributed by atoms with Crippen LogP contribution in [-0.4, -0.2) is 46.9 Å². The van der Waals surface area contributed by atoms with Gasteiger partial charge in [0.15, 0.2) is 0 Å². The summed E-state index contributed by atoms with van der Waals surface area (Å²) in [7, 11) is 0. The van der Waals surface area contributed by atoms with Crippen molar-refractivity contribution in [3.8, 4) is 0 Å². The van der Waals surface area contributed by atoms with Gasteiger partial charge < -0.3 is 10.6 Å². The van der Waals surface area contributed by atoms with Crippen LogP contribution in [0, 0.1) is 0 Å². The number of hydrogen-bond acceptors (Lipinski definition) is 4. The smallest absolute Gasteiger partial charge is 0.237 e. The highest BCUT2D eigenvalue weighted by molar-refractivity contribution is 5.88. The lowest BCUT2D eigenvalue weighted by molar-refractivity contribution is -0.134. The number of pyridine rings is 1. The SMILES string of the molecule is O=C(C[C@@H]1C(=O)NCCN1Cc1ccccn1)NC1CCCCCCC1. The summed E-state index contributed by atoms with van der Waals surface area (Å²) in [5.74, 6) is -0.0661. The van der Waals surface area contributed by atoms with Crippen molar-refractivity contribution < 1.29 is 9.59 Å². The molecule has 3 rings (SSSR count). The molecule has 1 aliphatic heterocycles. The molecule has 0 bridgehead atoms. The van der Waals surface area contributed by atoms with Crippen molar-refractivity contribution in [1.82, 2.24) is 20.5 Å². The average Bonchev–Trinajstić information content (AvgIpc) is 2.61. The molecule has 6 nitrogen and oxygen atoms in total. The molecule has 6 heteroatoms. The molecule has 1 saturated carbocycles. The Hall–Kier alpha value is -1.95. The third kappa shape index (κ3) is 5.53. The van der Waals surface area contributed by atoms with Gasteiger partial charge in [-0.3, -0.25) is 19.5 Å². The van der Waals surface area contributed by atoms with Gasteiger partial charge in [-0.25, -0.2) is 0 Å². The minimum Gasteiger partial charge on any atom is -0.353 e. The van der Waals surface area contributed by atoms with Gasteiger partial charge >= 0.3 is 0 Å². The van der Waals surface area contributed by atoms with Crippen LogP contribution in [0.4, 0.5) is 0 Å². The Morgan fingerprint density at radius 3 is 2.69 bits per heavy atom. The lowest BCUT2D eigenvalue weighted by Gasteiger charge is -2.34. The van der Waals surface area contributed by atoms with E-state index in [1.807, 2.05) is 18.2 Å². The Balaban J connectivity index is 1.57. The molecule has 2 amide bonds. The van der Waals surface area contributed by atoms with Gasteiger partial charge in [-0.15, -0.1) is 0 Å². The van der Waals surface area contributed by atoms with Crippen molar-refractivity contribution in [2.45, 2.75) is 70.0 Å². The van der Waals surface area contributed by atoms with Gasteiger partial charge in [0.1, 0.15) is 0 Å². The molecular formula is C20H30N4O2. The van der Waals surface area contributed by atoms with Gasteiger partial charge in [0.25, 0.3) is 0 Å². The molecule has 2 aliphatic rings. The van der Waals surface area contributed by atoms with Crippen LogP contribution in [0.25, 0.3) is 0 Å². The van der Waals surface area contributed by atoms with Crippen LogP contribution in [0.15, 0.2) is 24.4 Å². The first-order valence-corrected chi connectivity index (χ1v) is 9.93. The summed E-state index contributed by atoms with van der Waals surface area (Å²) in [4.78, 5) is 31.4. The van der Waals surface area contributed by atoms with Crippen molar-refractivity contribution in [3.05, 3.63) is 30.1 Å². The number of nitrogens with zero attached hydrogens (tertiary/aromatic N) is 2. The molecule has 1 atom stereocenters. The number of nitrogens with one attached hydrogen (secondary N) is 2. The second-order valence-corrected chi connectivity index (χ2v) is 7.41. The average molecular weight is 358 g/mol. The lowest BCUT2D eigenvalue weighted by atomic mass is 9.96. The molecule has 2 fully saturated rings. The molecule has 1 aromatic rings. The van der Waals surface area contributed by atoms with E-state index in [2.05, 4.69) is 20.5 Å². The highest BCUT2D eigenvalue weighted by atomic mass is 16.2. The van der Waals surface area contributed by atoms with Crippen LogP contribution in [-0.2, 0) is 16.1 Å². The van der Waals surface area contributed by atoms with Gasteiger partial charge in [-0.05, 0) is 25.0 Å². The Morgan fingerprint density at radius 2 is 1.96 bits per heavy atom. The van der Waals surface area contributed by atoms with E-state index in [9.17, 15) is 9.59 Å². The predicted octanol–water partition coefficient (Wildman–Crippen LogP) is 2.00. The van der Waals surface area contributed by atoms with Crippen molar-refractivity contribution in [2.75, 3.05) is 13.1 Å². The predicted molar refractivity (Wildman–Crippen MR) is 100 cm³/mol. The Kier molecular flexibility index (Phi) is 7.00. The van der Waals surface area contributed by atoms with Crippen LogP contribution in [0.1, 0.15) is 57.1 Å². The van der Waals surface area contributed by atoms with Gasteiger partial charge in [-0.2, -0.15) is 0 Å². The summed E-state index contributed by atoms with van der Waals surface area (Å²) in [5.41, 5.74) is 0.924. The molecule has 26 heavy (non-hydrogen) atoms. The Labute approximate surface area is 155 Å². The molecule has 1 aromatic heterocycles. The largest absolute Gasteiger partial charge is 0.353 e. The molecule has 1 aliphatic carbocycles. The summed E-state index contributed by atoms with van der Waals surface area (Å²) < 4.78 is 0. The molecule has 0 aromatic carbocycles. The summed E-state index contributed by atoms with van der Waals surface area (Å²) in [6.45, 7) is 1.95. The number of amides is 2. The van der Waals surface area contributed by atoms with Gasteiger partial charge in [0.05, 0.1) is 18.2 Å². The first-order chi connectivity index (χ1) is 12.7. The van der Waals surface area contributed by atoms with Crippen molar-refractivity contribution >= 4 is 11.8 Å². The van der Waals surface area contributed by atoms with E-state index < -0.39 is 6.04 Å². The summed E-state index contributed by atoms with van der Waals surface area (Å²) in [6.07, 6.45) is 10.3. The molecule has 2 heterocycles. The van der Waals surface area contributed by atoms with Crippen LogP contribution < -0.4 is 10.6 Å². The van der Waals surface area contributed by atoms with E-state index in [-0.39, 0.29) is 24.3 Å². The normalized spacial score (nSPS) is 22.9. The van der Waals surface area contributed by atoms with E-state index in [0.717, 1.165) is 25.1 Å². The van der Waals surface area contributed by atoms with E-state index in [4.69, 9.17) is 0 Å². The van der Waals surface area contributed by atoms with Crippen LogP contribution in [0.2, 0.25) is 0 Å². The maximum absolute atomic E-state index is 12.6. The summed E-state index contributed by atoms with van der Waals surface area (Å²) in [6, 6.07) is 5.63. The molecule has 1 saturated heterocycles. The third-order valence-electron chi connectivity index (χ3n) is 5.38. The highest BCUT2D eigenvalue weighted by Crippen LogP contribution is 2.18. The molecule has 0 unspecified atom stereocenters. The maximum atomic E-state index is 12.6. The minimum atomic E-state index is -0.417. The molecule has 2 N–H and O–H groups in total. The van der Waals surface area contributed by atoms with Crippen LogP contribution in [0.3, 0.4) is 0 Å². The fraction of sp³-hybridized carbons (Fsp3) is 0.650. The van der Waals surface area contributed by atoms with Crippen molar-refractivity contribution in [1.29, 1.82) is 0 Å². The molecule has 142 valence electrons.